The van der Waals surface area contributed by atoms with Gasteiger partial charge in [0.15, 0.2) is 0 Å². The van der Waals surface area contributed by atoms with Crippen LogP contribution in [0.5, 0.6) is 0 Å². The molecule has 0 bridgehead atoms. The molecule has 148 valence electrons. The van der Waals surface area contributed by atoms with Crippen LogP contribution in [0, 0.1) is 17.6 Å². The van der Waals surface area contributed by atoms with E-state index in [1.54, 1.807) is 4.90 Å². The number of hydrogen-bond acceptors (Lipinski definition) is 3. The third-order valence-electron chi connectivity index (χ3n) is 5.65. The maximum absolute atomic E-state index is 13.8. The summed E-state index contributed by atoms with van der Waals surface area (Å²) >= 11 is 0. The monoisotopic (exact) mass is 379 g/mol. The number of carbonyl (C=O) groups is 2. The number of hydrogen-bond donors (Lipinski definition) is 0. The normalized spacial score (nSPS) is 19.6. The van der Waals surface area contributed by atoms with Crippen molar-refractivity contribution in [1.82, 2.24) is 14.7 Å². The highest BCUT2D eigenvalue weighted by Crippen LogP contribution is 2.23. The number of nitrogens with zero attached hydrogens (tertiary/aromatic N) is 3. The zero-order chi connectivity index (χ0) is 19.6. The fraction of sp³-hybridized carbons (Fsp3) is 0.600. The summed E-state index contributed by atoms with van der Waals surface area (Å²) in [5.74, 6) is -1.91. The van der Waals surface area contributed by atoms with E-state index >= 15 is 0 Å². The molecule has 0 N–H and O–H groups in total. The molecule has 7 heteroatoms. The van der Waals surface area contributed by atoms with Crippen molar-refractivity contribution in [2.24, 2.45) is 5.92 Å². The average molecular weight is 379 g/mol. The minimum absolute atomic E-state index is 0.0854. The zero-order valence-electron chi connectivity index (χ0n) is 16.0. The first-order valence-electron chi connectivity index (χ1n) is 9.64. The summed E-state index contributed by atoms with van der Waals surface area (Å²) in [6, 6.07) is 3.48. The van der Waals surface area contributed by atoms with Gasteiger partial charge in [0.25, 0.3) is 5.91 Å². The molecule has 0 spiro atoms. The standard InChI is InChI=1S/C20H27F2N3O2/c1-14(2)23-9-11-25(12-10-23)19(26)15-5-7-24(8-6-15)20(27)17-4-3-16(21)13-18(17)22/h3-4,13-15H,5-12H2,1-2H3. The molecule has 2 fully saturated rings. The maximum Gasteiger partial charge on any atom is 0.256 e. The molecule has 2 amide bonds. The lowest BCUT2D eigenvalue weighted by Crippen LogP contribution is -2.53. The molecule has 2 aliphatic rings. The van der Waals surface area contributed by atoms with Gasteiger partial charge in [-0.05, 0) is 38.8 Å². The minimum Gasteiger partial charge on any atom is -0.340 e. The van der Waals surface area contributed by atoms with Gasteiger partial charge in [0, 0.05) is 57.3 Å². The Balaban J connectivity index is 1.53. The Labute approximate surface area is 158 Å². The fourth-order valence-corrected chi connectivity index (χ4v) is 3.88. The predicted molar refractivity (Wildman–Crippen MR) is 98.3 cm³/mol. The third kappa shape index (κ3) is 4.46. The Morgan fingerprint density at radius 3 is 2.15 bits per heavy atom. The van der Waals surface area contributed by atoms with Crippen LogP contribution in [0.15, 0.2) is 18.2 Å². The summed E-state index contributed by atoms with van der Waals surface area (Å²) in [6.45, 7) is 8.43. The van der Waals surface area contributed by atoms with Crippen LogP contribution in [0.3, 0.4) is 0 Å². The highest BCUT2D eigenvalue weighted by molar-refractivity contribution is 5.94. The fourth-order valence-electron chi connectivity index (χ4n) is 3.88. The van der Waals surface area contributed by atoms with Crippen molar-refractivity contribution in [2.45, 2.75) is 32.7 Å². The Morgan fingerprint density at radius 1 is 0.963 bits per heavy atom. The quantitative estimate of drug-likeness (QED) is 0.810. The van der Waals surface area contributed by atoms with Gasteiger partial charge in [0.05, 0.1) is 5.56 Å². The van der Waals surface area contributed by atoms with E-state index in [1.807, 2.05) is 4.90 Å². The van der Waals surface area contributed by atoms with Crippen LogP contribution in [0.4, 0.5) is 8.78 Å². The van der Waals surface area contributed by atoms with Gasteiger partial charge in [-0.15, -0.1) is 0 Å². The van der Waals surface area contributed by atoms with Crippen LogP contribution in [0.2, 0.25) is 0 Å². The van der Waals surface area contributed by atoms with Crippen LogP contribution < -0.4 is 0 Å². The van der Waals surface area contributed by atoms with Gasteiger partial charge < -0.3 is 9.80 Å². The zero-order valence-corrected chi connectivity index (χ0v) is 16.0. The molecule has 5 nitrogen and oxygen atoms in total. The van der Waals surface area contributed by atoms with Crippen molar-refractivity contribution in [2.75, 3.05) is 39.3 Å². The molecule has 3 rings (SSSR count). The van der Waals surface area contributed by atoms with Gasteiger partial charge in [-0.3, -0.25) is 14.5 Å². The summed E-state index contributed by atoms with van der Waals surface area (Å²) in [4.78, 5) is 31.1. The first kappa shape index (κ1) is 19.7. The Kier molecular flexibility index (Phi) is 6.09. The summed E-state index contributed by atoms with van der Waals surface area (Å²) in [5, 5.41) is 0. The second kappa shape index (κ2) is 8.33. The van der Waals surface area contributed by atoms with E-state index in [0.29, 0.717) is 32.0 Å². The number of benzene rings is 1. The summed E-state index contributed by atoms with van der Waals surface area (Å²) in [7, 11) is 0. The largest absolute Gasteiger partial charge is 0.340 e. The topological polar surface area (TPSA) is 43.9 Å². The van der Waals surface area contributed by atoms with Gasteiger partial charge in [0.1, 0.15) is 11.6 Å². The molecule has 0 unspecified atom stereocenters. The van der Waals surface area contributed by atoms with Crippen LogP contribution in [-0.4, -0.2) is 71.8 Å². The maximum atomic E-state index is 13.8. The van der Waals surface area contributed by atoms with Gasteiger partial charge in [-0.2, -0.15) is 0 Å². The lowest BCUT2D eigenvalue weighted by molar-refractivity contribution is -0.139. The Bertz CT molecular complexity index is 694. The number of amides is 2. The van der Waals surface area contributed by atoms with Crippen molar-refractivity contribution < 1.29 is 18.4 Å². The minimum atomic E-state index is -0.846. The number of piperazine rings is 1. The first-order chi connectivity index (χ1) is 12.9. The van der Waals surface area contributed by atoms with Crippen molar-refractivity contribution in [3.63, 3.8) is 0 Å². The smallest absolute Gasteiger partial charge is 0.256 e. The first-order valence-corrected chi connectivity index (χ1v) is 9.64. The summed E-state index contributed by atoms with van der Waals surface area (Å²) in [6.07, 6.45) is 1.16. The van der Waals surface area contributed by atoms with Crippen LogP contribution in [0.25, 0.3) is 0 Å². The second-order valence-electron chi connectivity index (χ2n) is 7.65. The Morgan fingerprint density at radius 2 is 1.59 bits per heavy atom. The molecule has 2 aliphatic heterocycles. The Hall–Kier alpha value is -2.02. The van der Waals surface area contributed by atoms with Crippen molar-refractivity contribution >= 4 is 11.8 Å². The van der Waals surface area contributed by atoms with E-state index in [9.17, 15) is 18.4 Å². The van der Waals surface area contributed by atoms with Crippen molar-refractivity contribution in [3.05, 3.63) is 35.4 Å². The molecule has 2 heterocycles. The van der Waals surface area contributed by atoms with Gasteiger partial charge >= 0.3 is 0 Å². The molecule has 0 atom stereocenters. The number of likely N-dealkylation sites (tertiary alicyclic amines) is 1. The lowest BCUT2D eigenvalue weighted by atomic mass is 9.94. The number of carbonyl (C=O) groups excluding carboxylic acids is 2. The average Bonchev–Trinajstić information content (AvgIpc) is 2.67. The SMILES string of the molecule is CC(C)N1CCN(C(=O)C2CCN(C(=O)c3ccc(F)cc3F)CC2)CC1. The van der Waals surface area contributed by atoms with Crippen molar-refractivity contribution in [1.29, 1.82) is 0 Å². The number of halogens is 2. The summed E-state index contributed by atoms with van der Waals surface area (Å²) in [5.41, 5.74) is -0.119. The van der Waals surface area contributed by atoms with E-state index < -0.39 is 17.5 Å². The molecule has 1 aromatic carbocycles. The molecule has 0 aromatic heterocycles. The van der Waals surface area contributed by atoms with Gasteiger partial charge in [0.2, 0.25) is 5.91 Å². The van der Waals surface area contributed by atoms with E-state index in [2.05, 4.69) is 18.7 Å². The molecule has 2 saturated heterocycles. The number of rotatable bonds is 3. The summed E-state index contributed by atoms with van der Waals surface area (Å²) < 4.78 is 26.9. The predicted octanol–water partition coefficient (Wildman–Crippen LogP) is 2.37. The molecule has 27 heavy (non-hydrogen) atoms. The van der Waals surface area contributed by atoms with Crippen LogP contribution in [-0.2, 0) is 4.79 Å². The molecular weight excluding hydrogens is 352 g/mol. The second-order valence-corrected chi connectivity index (χ2v) is 7.65. The van der Waals surface area contributed by atoms with Gasteiger partial charge in [-0.1, -0.05) is 0 Å². The molecule has 0 aliphatic carbocycles. The molecule has 0 saturated carbocycles. The van der Waals surface area contributed by atoms with E-state index in [0.717, 1.165) is 38.3 Å². The molecule has 0 radical (unpaired) electrons. The van der Waals surface area contributed by atoms with Crippen molar-refractivity contribution in [3.8, 4) is 0 Å². The third-order valence-corrected chi connectivity index (χ3v) is 5.65. The van der Waals surface area contributed by atoms with E-state index in [1.165, 1.54) is 6.07 Å². The van der Waals surface area contributed by atoms with Gasteiger partial charge in [-0.25, -0.2) is 8.78 Å². The molecular formula is C20H27F2N3O2. The number of piperidine rings is 1. The van der Waals surface area contributed by atoms with Crippen LogP contribution in [0.1, 0.15) is 37.0 Å². The highest BCUT2D eigenvalue weighted by atomic mass is 19.1. The van der Waals surface area contributed by atoms with E-state index in [4.69, 9.17) is 0 Å². The highest BCUT2D eigenvalue weighted by Gasteiger charge is 2.32. The molecule has 1 aromatic rings. The van der Waals surface area contributed by atoms with E-state index in [-0.39, 0.29) is 17.4 Å². The lowest BCUT2D eigenvalue weighted by Gasteiger charge is -2.39. The van der Waals surface area contributed by atoms with Crippen LogP contribution >= 0.6 is 0 Å².